The number of hydrogen-bond donors (Lipinski definition) is 1. The number of rotatable bonds is 7. The summed E-state index contributed by atoms with van der Waals surface area (Å²) in [7, 11) is 1.77. The predicted molar refractivity (Wildman–Crippen MR) is 64.2 cm³/mol. The maximum absolute atomic E-state index is 5.08. The maximum Gasteiger partial charge on any atom is 0.0476 e. The van der Waals surface area contributed by atoms with Crippen molar-refractivity contribution in [2.45, 2.75) is 45.2 Å². The summed E-state index contributed by atoms with van der Waals surface area (Å²) >= 11 is 0. The lowest BCUT2D eigenvalue weighted by atomic mass is 10.2. The Balaban J connectivity index is 2.12. The standard InChI is InChI=1S/C12H26N2O/c1-4-14-8-5-6-12(14)10-13-11(2)7-9-15-3/h11-13H,4-10H2,1-3H3. The molecular formula is C12H26N2O. The second-order valence-corrected chi connectivity index (χ2v) is 4.52. The molecule has 1 fully saturated rings. The second kappa shape index (κ2) is 7.20. The fraction of sp³-hybridized carbons (Fsp3) is 1.00. The minimum Gasteiger partial charge on any atom is -0.385 e. The van der Waals surface area contributed by atoms with Gasteiger partial charge in [0.05, 0.1) is 0 Å². The summed E-state index contributed by atoms with van der Waals surface area (Å²) in [6.45, 7) is 8.97. The summed E-state index contributed by atoms with van der Waals surface area (Å²) in [6.07, 6.45) is 3.83. The summed E-state index contributed by atoms with van der Waals surface area (Å²) in [4.78, 5) is 2.58. The number of likely N-dealkylation sites (tertiary alicyclic amines) is 1. The Labute approximate surface area is 94.2 Å². The molecule has 0 aromatic rings. The van der Waals surface area contributed by atoms with Gasteiger partial charge in [0.2, 0.25) is 0 Å². The van der Waals surface area contributed by atoms with E-state index in [2.05, 4.69) is 24.1 Å². The van der Waals surface area contributed by atoms with Crippen LogP contribution in [0.25, 0.3) is 0 Å². The first-order chi connectivity index (χ1) is 7.27. The van der Waals surface area contributed by atoms with E-state index in [1.54, 1.807) is 7.11 Å². The van der Waals surface area contributed by atoms with Crippen molar-refractivity contribution in [2.75, 3.05) is 33.4 Å². The summed E-state index contributed by atoms with van der Waals surface area (Å²) < 4.78 is 5.08. The van der Waals surface area contributed by atoms with E-state index < -0.39 is 0 Å². The van der Waals surface area contributed by atoms with Gasteiger partial charge in [-0.15, -0.1) is 0 Å². The SMILES string of the molecule is CCN1CCCC1CNC(C)CCOC. The van der Waals surface area contributed by atoms with Crippen molar-refractivity contribution in [1.29, 1.82) is 0 Å². The molecule has 0 amide bonds. The topological polar surface area (TPSA) is 24.5 Å². The van der Waals surface area contributed by atoms with E-state index in [9.17, 15) is 0 Å². The van der Waals surface area contributed by atoms with Crippen molar-refractivity contribution < 1.29 is 4.74 Å². The molecule has 1 rings (SSSR count). The van der Waals surface area contributed by atoms with Gasteiger partial charge < -0.3 is 10.1 Å². The number of likely N-dealkylation sites (N-methyl/N-ethyl adjacent to an activating group) is 1. The van der Waals surface area contributed by atoms with E-state index in [0.29, 0.717) is 6.04 Å². The molecule has 0 radical (unpaired) electrons. The van der Waals surface area contributed by atoms with E-state index in [1.807, 2.05) is 0 Å². The molecule has 2 unspecified atom stereocenters. The van der Waals surface area contributed by atoms with E-state index in [0.717, 1.165) is 25.6 Å². The van der Waals surface area contributed by atoms with Gasteiger partial charge in [-0.1, -0.05) is 6.92 Å². The van der Waals surface area contributed by atoms with Gasteiger partial charge in [0, 0.05) is 32.3 Å². The lowest BCUT2D eigenvalue weighted by Crippen LogP contribution is -2.41. The van der Waals surface area contributed by atoms with Gasteiger partial charge in [0.15, 0.2) is 0 Å². The Morgan fingerprint density at radius 3 is 3.00 bits per heavy atom. The molecule has 90 valence electrons. The molecule has 0 aliphatic carbocycles. The summed E-state index contributed by atoms with van der Waals surface area (Å²) in [5, 5.41) is 3.60. The van der Waals surface area contributed by atoms with Crippen molar-refractivity contribution in [3.05, 3.63) is 0 Å². The van der Waals surface area contributed by atoms with Crippen LogP contribution in [0.5, 0.6) is 0 Å². The van der Waals surface area contributed by atoms with E-state index >= 15 is 0 Å². The maximum atomic E-state index is 5.08. The predicted octanol–water partition coefficient (Wildman–Crippen LogP) is 1.49. The molecule has 3 nitrogen and oxygen atoms in total. The molecule has 0 saturated carbocycles. The Morgan fingerprint density at radius 2 is 2.33 bits per heavy atom. The number of methoxy groups -OCH3 is 1. The third-order valence-corrected chi connectivity index (χ3v) is 3.36. The third-order valence-electron chi connectivity index (χ3n) is 3.36. The second-order valence-electron chi connectivity index (χ2n) is 4.52. The average Bonchev–Trinajstić information content (AvgIpc) is 2.70. The normalized spacial score (nSPS) is 24.6. The molecule has 0 spiro atoms. The number of nitrogens with zero attached hydrogens (tertiary/aromatic N) is 1. The van der Waals surface area contributed by atoms with Crippen molar-refractivity contribution in [3.63, 3.8) is 0 Å². The minimum absolute atomic E-state index is 0.573. The number of ether oxygens (including phenoxy) is 1. The fourth-order valence-electron chi connectivity index (χ4n) is 2.28. The molecule has 2 atom stereocenters. The highest BCUT2D eigenvalue weighted by molar-refractivity contribution is 4.80. The first kappa shape index (κ1) is 12.9. The monoisotopic (exact) mass is 214 g/mol. The third kappa shape index (κ3) is 4.49. The van der Waals surface area contributed by atoms with Crippen molar-refractivity contribution in [1.82, 2.24) is 10.2 Å². The van der Waals surface area contributed by atoms with E-state index in [1.165, 1.54) is 25.9 Å². The van der Waals surface area contributed by atoms with E-state index in [-0.39, 0.29) is 0 Å². The molecule has 0 aromatic heterocycles. The lowest BCUT2D eigenvalue weighted by Gasteiger charge is -2.24. The van der Waals surface area contributed by atoms with Crippen molar-refractivity contribution in [2.24, 2.45) is 0 Å². The molecule has 1 heterocycles. The Kier molecular flexibility index (Phi) is 6.22. The summed E-state index contributed by atoms with van der Waals surface area (Å²) in [5.41, 5.74) is 0. The zero-order valence-electron chi connectivity index (χ0n) is 10.5. The molecule has 0 bridgehead atoms. The number of nitrogens with one attached hydrogen (secondary N) is 1. The quantitative estimate of drug-likeness (QED) is 0.695. The van der Waals surface area contributed by atoms with Gasteiger partial charge in [0.25, 0.3) is 0 Å². The Hall–Kier alpha value is -0.120. The zero-order valence-corrected chi connectivity index (χ0v) is 10.5. The summed E-state index contributed by atoms with van der Waals surface area (Å²) in [6, 6.07) is 1.34. The first-order valence-corrected chi connectivity index (χ1v) is 6.24. The van der Waals surface area contributed by atoms with Gasteiger partial charge >= 0.3 is 0 Å². The van der Waals surface area contributed by atoms with Gasteiger partial charge in [-0.25, -0.2) is 0 Å². The molecule has 1 saturated heterocycles. The fourth-order valence-corrected chi connectivity index (χ4v) is 2.28. The first-order valence-electron chi connectivity index (χ1n) is 6.24. The number of hydrogen-bond acceptors (Lipinski definition) is 3. The van der Waals surface area contributed by atoms with Crippen LogP contribution in [0.1, 0.15) is 33.1 Å². The highest BCUT2D eigenvalue weighted by Crippen LogP contribution is 2.15. The van der Waals surface area contributed by atoms with Crippen LogP contribution in [-0.4, -0.2) is 50.3 Å². The zero-order chi connectivity index (χ0) is 11.1. The van der Waals surface area contributed by atoms with Crippen LogP contribution < -0.4 is 5.32 Å². The van der Waals surface area contributed by atoms with Crippen LogP contribution in [0.15, 0.2) is 0 Å². The van der Waals surface area contributed by atoms with Gasteiger partial charge in [-0.3, -0.25) is 4.90 Å². The molecule has 15 heavy (non-hydrogen) atoms. The van der Waals surface area contributed by atoms with Gasteiger partial charge in [-0.2, -0.15) is 0 Å². The molecule has 3 heteroatoms. The summed E-state index contributed by atoms with van der Waals surface area (Å²) in [5.74, 6) is 0. The smallest absolute Gasteiger partial charge is 0.0476 e. The van der Waals surface area contributed by atoms with Gasteiger partial charge in [0.1, 0.15) is 0 Å². The van der Waals surface area contributed by atoms with Gasteiger partial charge in [-0.05, 0) is 39.3 Å². The van der Waals surface area contributed by atoms with E-state index in [4.69, 9.17) is 4.74 Å². The highest BCUT2D eigenvalue weighted by atomic mass is 16.5. The Bertz CT molecular complexity index is 164. The largest absolute Gasteiger partial charge is 0.385 e. The molecule has 1 N–H and O–H groups in total. The molecule has 1 aliphatic heterocycles. The Morgan fingerprint density at radius 1 is 1.53 bits per heavy atom. The average molecular weight is 214 g/mol. The highest BCUT2D eigenvalue weighted by Gasteiger charge is 2.22. The lowest BCUT2D eigenvalue weighted by molar-refractivity contribution is 0.181. The van der Waals surface area contributed by atoms with Crippen LogP contribution >= 0.6 is 0 Å². The van der Waals surface area contributed by atoms with Crippen LogP contribution in [-0.2, 0) is 4.74 Å². The van der Waals surface area contributed by atoms with Crippen molar-refractivity contribution >= 4 is 0 Å². The molecule has 0 aromatic carbocycles. The van der Waals surface area contributed by atoms with Crippen LogP contribution in [0.3, 0.4) is 0 Å². The molecule has 1 aliphatic rings. The molecular weight excluding hydrogens is 188 g/mol. The minimum atomic E-state index is 0.573. The van der Waals surface area contributed by atoms with Crippen LogP contribution in [0, 0.1) is 0 Å². The van der Waals surface area contributed by atoms with Crippen LogP contribution in [0.2, 0.25) is 0 Å². The van der Waals surface area contributed by atoms with Crippen LogP contribution in [0.4, 0.5) is 0 Å². The van der Waals surface area contributed by atoms with Crippen molar-refractivity contribution in [3.8, 4) is 0 Å².